The van der Waals surface area contributed by atoms with E-state index in [0.29, 0.717) is 40.3 Å². The number of nitrogens with zero attached hydrogens (tertiary/aromatic N) is 2. The molecule has 1 fully saturated rings. The fraction of sp³-hybridized carbons (Fsp3) is 0.312. The Balaban J connectivity index is 1.45. The van der Waals surface area contributed by atoms with Crippen molar-refractivity contribution in [2.24, 2.45) is 0 Å². The Hall–Kier alpha value is -1.90. The first-order valence-corrected chi connectivity index (χ1v) is 9.65. The summed E-state index contributed by atoms with van der Waals surface area (Å²) in [6.45, 7) is 1.48. The molecule has 0 bridgehead atoms. The van der Waals surface area contributed by atoms with Crippen LogP contribution in [0.2, 0.25) is 4.34 Å². The Labute approximate surface area is 157 Å². The van der Waals surface area contributed by atoms with Crippen LogP contribution in [-0.2, 0) is 9.53 Å². The molecule has 132 valence electrons. The van der Waals surface area contributed by atoms with Crippen molar-refractivity contribution in [3.63, 3.8) is 0 Å². The number of rotatable bonds is 4. The highest BCUT2D eigenvalue weighted by molar-refractivity contribution is 7.17. The quantitative estimate of drug-likeness (QED) is 0.742. The summed E-state index contributed by atoms with van der Waals surface area (Å²) in [5.74, 6) is -0.834. The standard InChI is InChI=1S/C16H15ClN2O4S2/c17-13-4-3-12(25-13)16(22)23-10-14(20)18-5-7-19(8-6-18)15(21)11-2-1-9-24-11/h1-4,9H,5-8,10H2. The maximum atomic E-state index is 12.3. The van der Waals surface area contributed by atoms with E-state index >= 15 is 0 Å². The second-order valence-electron chi connectivity index (χ2n) is 5.33. The molecule has 2 aromatic rings. The van der Waals surface area contributed by atoms with Gasteiger partial charge in [0.2, 0.25) is 0 Å². The van der Waals surface area contributed by atoms with Crippen molar-refractivity contribution in [1.82, 2.24) is 9.80 Å². The molecule has 2 amide bonds. The largest absolute Gasteiger partial charge is 0.451 e. The fourth-order valence-electron chi connectivity index (χ4n) is 2.43. The number of esters is 1. The first-order chi connectivity index (χ1) is 12.0. The van der Waals surface area contributed by atoms with Crippen LogP contribution in [-0.4, -0.2) is 60.4 Å². The van der Waals surface area contributed by atoms with Gasteiger partial charge >= 0.3 is 5.97 Å². The predicted octanol–water partition coefficient (Wildman–Crippen LogP) is 2.60. The summed E-state index contributed by atoms with van der Waals surface area (Å²) in [5, 5.41) is 1.86. The highest BCUT2D eigenvalue weighted by Crippen LogP contribution is 2.22. The fourth-order valence-corrected chi connectivity index (χ4v) is 4.06. The van der Waals surface area contributed by atoms with Gasteiger partial charge in [-0.25, -0.2) is 4.79 Å². The van der Waals surface area contributed by atoms with Crippen molar-refractivity contribution in [3.8, 4) is 0 Å². The second kappa shape index (κ2) is 7.99. The molecule has 25 heavy (non-hydrogen) atoms. The molecule has 0 spiro atoms. The first-order valence-electron chi connectivity index (χ1n) is 7.57. The van der Waals surface area contributed by atoms with E-state index in [0.717, 1.165) is 11.3 Å². The molecule has 2 aromatic heterocycles. The average Bonchev–Trinajstić information content (AvgIpc) is 3.30. The van der Waals surface area contributed by atoms with Gasteiger partial charge < -0.3 is 14.5 Å². The van der Waals surface area contributed by atoms with Gasteiger partial charge in [0.25, 0.3) is 11.8 Å². The van der Waals surface area contributed by atoms with Gasteiger partial charge in [0, 0.05) is 26.2 Å². The highest BCUT2D eigenvalue weighted by Gasteiger charge is 2.26. The molecule has 6 nitrogen and oxygen atoms in total. The van der Waals surface area contributed by atoms with Crippen LogP contribution < -0.4 is 0 Å². The van der Waals surface area contributed by atoms with Crippen LogP contribution in [0.3, 0.4) is 0 Å². The number of carbonyl (C=O) groups excluding carboxylic acids is 3. The number of piperazine rings is 1. The van der Waals surface area contributed by atoms with Gasteiger partial charge in [0.1, 0.15) is 4.88 Å². The van der Waals surface area contributed by atoms with Crippen molar-refractivity contribution in [3.05, 3.63) is 43.7 Å². The SMILES string of the molecule is O=C(OCC(=O)N1CCN(C(=O)c2cccs2)CC1)c1ccc(Cl)s1. The molecule has 1 aliphatic heterocycles. The molecule has 1 aliphatic rings. The summed E-state index contributed by atoms with van der Waals surface area (Å²) in [6, 6.07) is 6.80. The lowest BCUT2D eigenvalue weighted by molar-refractivity contribution is -0.136. The van der Waals surface area contributed by atoms with Crippen LogP contribution in [0.1, 0.15) is 19.3 Å². The van der Waals surface area contributed by atoms with Crippen molar-refractivity contribution in [2.75, 3.05) is 32.8 Å². The van der Waals surface area contributed by atoms with Gasteiger partial charge in [0.05, 0.1) is 9.21 Å². The lowest BCUT2D eigenvalue weighted by Gasteiger charge is -2.34. The smallest absolute Gasteiger partial charge is 0.348 e. The third kappa shape index (κ3) is 4.39. The van der Waals surface area contributed by atoms with Crippen molar-refractivity contribution >= 4 is 52.1 Å². The molecule has 0 aliphatic carbocycles. The van der Waals surface area contributed by atoms with Crippen molar-refractivity contribution in [2.45, 2.75) is 0 Å². The monoisotopic (exact) mass is 398 g/mol. The van der Waals surface area contributed by atoms with E-state index in [-0.39, 0.29) is 18.4 Å². The van der Waals surface area contributed by atoms with Gasteiger partial charge in [-0.2, -0.15) is 0 Å². The third-order valence-electron chi connectivity index (χ3n) is 3.75. The minimum Gasteiger partial charge on any atom is -0.451 e. The zero-order chi connectivity index (χ0) is 17.8. The van der Waals surface area contributed by atoms with Crippen LogP contribution >= 0.6 is 34.3 Å². The summed E-state index contributed by atoms with van der Waals surface area (Å²) in [6.07, 6.45) is 0. The zero-order valence-electron chi connectivity index (χ0n) is 13.1. The molecular formula is C16H15ClN2O4S2. The number of thiophene rings is 2. The Morgan fingerprint density at radius 3 is 2.36 bits per heavy atom. The molecule has 1 saturated heterocycles. The number of halogens is 1. The van der Waals surface area contributed by atoms with E-state index in [1.165, 1.54) is 11.3 Å². The summed E-state index contributed by atoms with van der Waals surface area (Å²) in [5.41, 5.74) is 0. The van der Waals surface area contributed by atoms with Crippen LogP contribution in [0.5, 0.6) is 0 Å². The number of hydrogen-bond acceptors (Lipinski definition) is 6. The summed E-state index contributed by atoms with van der Waals surface area (Å²) >= 11 is 8.28. The molecule has 9 heteroatoms. The Morgan fingerprint density at radius 2 is 1.76 bits per heavy atom. The number of amides is 2. The molecule has 0 unspecified atom stereocenters. The third-order valence-corrected chi connectivity index (χ3v) is 5.82. The molecule has 3 heterocycles. The molecule has 0 saturated carbocycles. The Kier molecular flexibility index (Phi) is 5.72. The Bertz CT molecular complexity index is 767. The van der Waals surface area contributed by atoms with E-state index < -0.39 is 5.97 Å². The molecule has 3 rings (SSSR count). The molecule has 0 N–H and O–H groups in total. The van der Waals surface area contributed by atoms with E-state index in [9.17, 15) is 14.4 Å². The van der Waals surface area contributed by atoms with E-state index in [1.807, 2.05) is 11.4 Å². The Morgan fingerprint density at radius 1 is 1.04 bits per heavy atom. The topological polar surface area (TPSA) is 66.9 Å². The second-order valence-corrected chi connectivity index (χ2v) is 7.99. The average molecular weight is 399 g/mol. The van der Waals surface area contributed by atoms with Gasteiger partial charge in [0.15, 0.2) is 6.61 Å². The van der Waals surface area contributed by atoms with Crippen LogP contribution in [0.4, 0.5) is 0 Å². The number of hydrogen-bond donors (Lipinski definition) is 0. The molecule has 0 radical (unpaired) electrons. The number of ether oxygens (including phenoxy) is 1. The molecular weight excluding hydrogens is 384 g/mol. The van der Waals surface area contributed by atoms with Crippen LogP contribution in [0.25, 0.3) is 0 Å². The molecule has 0 aromatic carbocycles. The first kappa shape index (κ1) is 17.9. The normalized spacial score (nSPS) is 14.4. The summed E-state index contributed by atoms with van der Waals surface area (Å²) in [7, 11) is 0. The summed E-state index contributed by atoms with van der Waals surface area (Å²) < 4.78 is 5.52. The van der Waals surface area contributed by atoms with Crippen LogP contribution in [0, 0.1) is 0 Å². The minimum atomic E-state index is -0.559. The maximum Gasteiger partial charge on any atom is 0.348 e. The minimum absolute atomic E-state index is 0.0110. The molecule has 0 atom stereocenters. The predicted molar refractivity (Wildman–Crippen MR) is 96.4 cm³/mol. The van der Waals surface area contributed by atoms with E-state index in [2.05, 4.69) is 0 Å². The number of carbonyl (C=O) groups is 3. The van der Waals surface area contributed by atoms with Crippen LogP contribution in [0.15, 0.2) is 29.6 Å². The van der Waals surface area contributed by atoms with Gasteiger partial charge in [-0.1, -0.05) is 17.7 Å². The zero-order valence-corrected chi connectivity index (χ0v) is 15.5. The lowest BCUT2D eigenvalue weighted by Crippen LogP contribution is -2.51. The maximum absolute atomic E-state index is 12.3. The van der Waals surface area contributed by atoms with E-state index in [1.54, 1.807) is 28.0 Å². The van der Waals surface area contributed by atoms with E-state index in [4.69, 9.17) is 16.3 Å². The lowest BCUT2D eigenvalue weighted by atomic mass is 10.3. The van der Waals surface area contributed by atoms with Gasteiger partial charge in [-0.3, -0.25) is 9.59 Å². The van der Waals surface area contributed by atoms with Gasteiger partial charge in [-0.05, 0) is 23.6 Å². The van der Waals surface area contributed by atoms with Crippen molar-refractivity contribution in [1.29, 1.82) is 0 Å². The summed E-state index contributed by atoms with van der Waals surface area (Å²) in [4.78, 5) is 40.7. The van der Waals surface area contributed by atoms with Crippen molar-refractivity contribution < 1.29 is 19.1 Å². The van der Waals surface area contributed by atoms with Gasteiger partial charge in [-0.15, -0.1) is 22.7 Å². The highest BCUT2D eigenvalue weighted by atomic mass is 35.5.